The fraction of sp³-hybridized carbons (Fsp3) is 0.318. The van der Waals surface area contributed by atoms with Gasteiger partial charge in [0.15, 0.2) is 5.11 Å². The summed E-state index contributed by atoms with van der Waals surface area (Å²) in [5.74, 6) is 7.69. The Kier molecular flexibility index (Phi) is 6.50. The first-order valence-electron chi connectivity index (χ1n) is 9.04. The van der Waals surface area contributed by atoms with Crippen molar-refractivity contribution in [2.75, 3.05) is 24.7 Å². The van der Waals surface area contributed by atoms with Gasteiger partial charge in [0, 0.05) is 23.5 Å². The van der Waals surface area contributed by atoms with Crippen molar-refractivity contribution in [2.45, 2.75) is 24.8 Å². The van der Waals surface area contributed by atoms with E-state index in [1.807, 2.05) is 48.2 Å². The maximum atomic E-state index is 9.74. The first kappa shape index (κ1) is 20.5. The monoisotopic (exact) mass is 412 g/mol. The van der Waals surface area contributed by atoms with Gasteiger partial charge in [-0.2, -0.15) is 0 Å². The Hall–Kier alpha value is -2.20. The van der Waals surface area contributed by atoms with Crippen LogP contribution in [0.4, 0.5) is 5.69 Å². The fourth-order valence-corrected chi connectivity index (χ4v) is 4.43. The number of hydrogen-bond acceptors (Lipinski definition) is 4. The van der Waals surface area contributed by atoms with E-state index in [9.17, 15) is 5.11 Å². The van der Waals surface area contributed by atoms with Gasteiger partial charge in [0.2, 0.25) is 0 Å². The van der Waals surface area contributed by atoms with Gasteiger partial charge in [-0.05, 0) is 68.0 Å². The van der Waals surface area contributed by atoms with Gasteiger partial charge >= 0.3 is 0 Å². The number of thioether (sulfide) groups is 1. The molecule has 0 aliphatic carbocycles. The predicted molar refractivity (Wildman–Crippen MR) is 121 cm³/mol. The first-order chi connectivity index (χ1) is 13.4. The van der Waals surface area contributed by atoms with E-state index in [1.54, 1.807) is 21.0 Å². The average Bonchev–Trinajstić information content (AvgIpc) is 3.17. The molecule has 1 aliphatic rings. The molecule has 146 valence electrons. The number of thiocarbonyl (C=S) groups is 1. The molecule has 1 aliphatic heterocycles. The quantitative estimate of drug-likeness (QED) is 0.580. The number of hydrogen-bond donors (Lipinski definition) is 2. The zero-order valence-corrected chi connectivity index (χ0v) is 17.9. The molecule has 3 rings (SSSR count). The van der Waals surface area contributed by atoms with E-state index in [0.29, 0.717) is 5.11 Å². The number of benzene rings is 2. The minimum atomic E-state index is -0.990. The van der Waals surface area contributed by atoms with Crippen LogP contribution in [-0.2, 0) is 0 Å². The largest absolute Gasteiger partial charge is 0.497 e. The van der Waals surface area contributed by atoms with E-state index >= 15 is 0 Å². The predicted octanol–water partition coefficient (Wildman–Crippen LogP) is 4.26. The van der Waals surface area contributed by atoms with Gasteiger partial charge in [-0.25, -0.2) is 0 Å². The van der Waals surface area contributed by atoms with E-state index in [-0.39, 0.29) is 5.37 Å². The highest BCUT2D eigenvalue weighted by Gasteiger charge is 2.28. The average molecular weight is 413 g/mol. The lowest BCUT2D eigenvalue weighted by Crippen LogP contribution is -2.34. The molecule has 2 N–H and O–H groups in total. The van der Waals surface area contributed by atoms with Crippen molar-refractivity contribution in [3.05, 3.63) is 59.7 Å². The Balaban J connectivity index is 1.69. The summed E-state index contributed by atoms with van der Waals surface area (Å²) < 4.78 is 5.20. The van der Waals surface area contributed by atoms with E-state index in [2.05, 4.69) is 34.2 Å². The standard InChI is InChI=1S/C22H24N2O2S2/c1-22(2,25)13-12-16-4-6-17(7-5-16)20-24(14-15-28-20)21(27)23-18-8-10-19(26-3)11-9-18/h4-11,20,25H,14-15H2,1-3H3,(H,23,27)/t20-/m1/s1. The molecule has 1 atom stereocenters. The maximum Gasteiger partial charge on any atom is 0.174 e. The molecule has 2 aromatic rings. The second-order valence-corrected chi connectivity index (χ2v) is 8.58. The molecule has 1 fully saturated rings. The van der Waals surface area contributed by atoms with Crippen LogP contribution in [0.3, 0.4) is 0 Å². The normalized spacial score (nSPS) is 16.3. The summed E-state index contributed by atoms with van der Waals surface area (Å²) in [6, 6.07) is 15.9. The summed E-state index contributed by atoms with van der Waals surface area (Å²) >= 11 is 7.54. The van der Waals surface area contributed by atoms with Crippen molar-refractivity contribution >= 4 is 34.8 Å². The lowest BCUT2D eigenvalue weighted by molar-refractivity contribution is 0.143. The van der Waals surface area contributed by atoms with Gasteiger partial charge in [-0.3, -0.25) is 0 Å². The maximum absolute atomic E-state index is 9.74. The molecule has 1 saturated heterocycles. The Morgan fingerprint density at radius 3 is 2.50 bits per heavy atom. The van der Waals surface area contributed by atoms with Crippen molar-refractivity contribution in [3.63, 3.8) is 0 Å². The molecule has 0 saturated carbocycles. The highest BCUT2D eigenvalue weighted by molar-refractivity contribution is 7.99. The van der Waals surface area contributed by atoms with Gasteiger partial charge in [-0.1, -0.05) is 24.0 Å². The number of rotatable bonds is 3. The van der Waals surface area contributed by atoms with Crippen LogP contribution < -0.4 is 10.1 Å². The molecule has 2 aromatic carbocycles. The smallest absolute Gasteiger partial charge is 0.174 e. The number of aliphatic hydroxyl groups is 1. The molecular formula is C22H24N2O2S2. The zero-order valence-electron chi connectivity index (χ0n) is 16.2. The summed E-state index contributed by atoms with van der Waals surface area (Å²) in [7, 11) is 1.65. The Morgan fingerprint density at radius 2 is 1.89 bits per heavy atom. The minimum absolute atomic E-state index is 0.176. The third kappa shape index (κ3) is 5.41. The number of methoxy groups -OCH3 is 1. The molecule has 0 unspecified atom stereocenters. The van der Waals surface area contributed by atoms with Gasteiger partial charge in [0.25, 0.3) is 0 Å². The summed E-state index contributed by atoms with van der Waals surface area (Å²) in [4.78, 5) is 2.21. The van der Waals surface area contributed by atoms with Crippen LogP contribution >= 0.6 is 24.0 Å². The van der Waals surface area contributed by atoms with Crippen molar-refractivity contribution < 1.29 is 9.84 Å². The third-order valence-electron chi connectivity index (χ3n) is 4.20. The van der Waals surface area contributed by atoms with Crippen molar-refractivity contribution in [3.8, 4) is 17.6 Å². The molecule has 28 heavy (non-hydrogen) atoms. The molecule has 0 spiro atoms. The SMILES string of the molecule is COc1ccc(NC(=S)N2CCS[C@@H]2c2ccc(C#CC(C)(C)O)cc2)cc1. The second kappa shape index (κ2) is 8.87. The van der Waals surface area contributed by atoms with Crippen molar-refractivity contribution in [1.29, 1.82) is 0 Å². The minimum Gasteiger partial charge on any atom is -0.497 e. The summed E-state index contributed by atoms with van der Waals surface area (Å²) in [5, 5.41) is 14.0. The molecule has 0 aromatic heterocycles. The van der Waals surface area contributed by atoms with Crippen LogP contribution in [-0.4, -0.2) is 40.1 Å². The van der Waals surface area contributed by atoms with Crippen LogP contribution in [0.1, 0.15) is 30.3 Å². The summed E-state index contributed by atoms with van der Waals surface area (Å²) in [6.45, 7) is 4.26. The molecule has 1 heterocycles. The third-order valence-corrected chi connectivity index (χ3v) is 5.80. The van der Waals surface area contributed by atoms with E-state index in [0.717, 1.165) is 29.3 Å². The van der Waals surface area contributed by atoms with Crippen LogP contribution in [0.15, 0.2) is 48.5 Å². The summed E-state index contributed by atoms with van der Waals surface area (Å²) in [6.07, 6.45) is 0. The van der Waals surface area contributed by atoms with Crippen molar-refractivity contribution in [1.82, 2.24) is 4.90 Å². The molecule has 6 heteroatoms. The number of nitrogens with zero attached hydrogens (tertiary/aromatic N) is 1. The molecule has 0 radical (unpaired) electrons. The number of ether oxygens (including phenoxy) is 1. The topological polar surface area (TPSA) is 44.7 Å². The van der Waals surface area contributed by atoms with Gasteiger partial charge in [0.05, 0.1) is 7.11 Å². The lowest BCUT2D eigenvalue weighted by Gasteiger charge is -2.27. The Labute approximate surface area is 176 Å². The highest BCUT2D eigenvalue weighted by atomic mass is 32.2. The summed E-state index contributed by atoms with van der Waals surface area (Å²) in [5.41, 5.74) is 2.03. The number of nitrogens with one attached hydrogen (secondary N) is 1. The van der Waals surface area contributed by atoms with E-state index < -0.39 is 5.60 Å². The van der Waals surface area contributed by atoms with Crippen molar-refractivity contribution in [2.24, 2.45) is 0 Å². The van der Waals surface area contributed by atoms with Gasteiger partial charge in [0.1, 0.15) is 16.7 Å². The molecule has 4 nitrogen and oxygen atoms in total. The fourth-order valence-electron chi connectivity index (χ4n) is 2.78. The molecular weight excluding hydrogens is 388 g/mol. The second-order valence-electron chi connectivity index (χ2n) is 7.01. The molecule has 0 bridgehead atoms. The van der Waals surface area contributed by atoms with Gasteiger partial charge < -0.3 is 20.1 Å². The van der Waals surface area contributed by atoms with Crippen LogP contribution in [0, 0.1) is 11.8 Å². The zero-order chi connectivity index (χ0) is 20.1. The van der Waals surface area contributed by atoms with Crippen LogP contribution in [0.25, 0.3) is 0 Å². The Bertz CT molecular complexity index is 878. The van der Waals surface area contributed by atoms with Gasteiger partial charge in [-0.15, -0.1) is 11.8 Å². The number of anilines is 1. The molecule has 0 amide bonds. The van der Waals surface area contributed by atoms with Crippen LogP contribution in [0.2, 0.25) is 0 Å². The first-order valence-corrected chi connectivity index (χ1v) is 10.5. The highest BCUT2D eigenvalue weighted by Crippen LogP contribution is 2.38. The van der Waals surface area contributed by atoms with Crippen LogP contribution in [0.5, 0.6) is 5.75 Å². The Morgan fingerprint density at radius 1 is 1.21 bits per heavy atom. The van der Waals surface area contributed by atoms with E-state index in [1.165, 1.54) is 5.56 Å². The van der Waals surface area contributed by atoms with E-state index in [4.69, 9.17) is 17.0 Å². The lowest BCUT2D eigenvalue weighted by atomic mass is 10.1.